The van der Waals surface area contributed by atoms with Gasteiger partial charge in [-0.15, -0.1) is 0 Å². The number of nitrogens with two attached hydrogens (primary N) is 1. The van der Waals surface area contributed by atoms with Gasteiger partial charge >= 0.3 is 11.8 Å². The molecule has 0 aromatic heterocycles. The normalized spacial score (nSPS) is 14.1. The molecule has 1 aromatic rings. The monoisotopic (exact) mass is 291 g/mol. The predicted molar refractivity (Wildman–Crippen MR) is 81.5 cm³/mol. The summed E-state index contributed by atoms with van der Waals surface area (Å²) < 4.78 is 0. The molecule has 0 spiro atoms. The highest BCUT2D eigenvalue weighted by molar-refractivity contribution is 7.80. The van der Waals surface area contributed by atoms with Gasteiger partial charge in [0.05, 0.1) is 11.5 Å². The standard InChI is InChI=1S/C14H17N3O2S/c15-12(20)9-16-13(18)14(19)17-8-4-3-6-10-5-1-2-7-11(10)17/h1-2,5,7H,3-4,6,8-9H2,(H2,15,20)(H,16,18). The number of rotatable bonds is 2. The van der Waals surface area contributed by atoms with Gasteiger partial charge in [-0.25, -0.2) is 0 Å². The summed E-state index contributed by atoms with van der Waals surface area (Å²) in [4.78, 5) is 25.8. The molecule has 1 aromatic carbocycles. The SMILES string of the molecule is NC(=S)CNC(=O)C(=O)N1CCCCc2ccccc21. The molecule has 0 saturated heterocycles. The van der Waals surface area contributed by atoms with E-state index in [9.17, 15) is 9.59 Å². The Morgan fingerprint density at radius 1 is 1.30 bits per heavy atom. The first-order valence-electron chi connectivity index (χ1n) is 6.55. The number of hydrogen-bond acceptors (Lipinski definition) is 3. The molecule has 106 valence electrons. The van der Waals surface area contributed by atoms with Crippen LogP contribution in [0.25, 0.3) is 0 Å². The molecule has 0 atom stereocenters. The number of nitrogens with zero attached hydrogens (tertiary/aromatic N) is 1. The Hall–Kier alpha value is -1.95. The van der Waals surface area contributed by atoms with Crippen LogP contribution < -0.4 is 16.0 Å². The van der Waals surface area contributed by atoms with Crippen molar-refractivity contribution in [2.75, 3.05) is 18.0 Å². The zero-order valence-corrected chi connectivity index (χ0v) is 11.9. The van der Waals surface area contributed by atoms with Gasteiger partial charge in [0.15, 0.2) is 0 Å². The van der Waals surface area contributed by atoms with Crippen molar-refractivity contribution in [2.45, 2.75) is 19.3 Å². The largest absolute Gasteiger partial charge is 0.392 e. The average Bonchev–Trinajstić information content (AvgIpc) is 2.66. The smallest absolute Gasteiger partial charge is 0.316 e. The lowest BCUT2D eigenvalue weighted by Crippen LogP contribution is -2.45. The summed E-state index contributed by atoms with van der Waals surface area (Å²) in [5.41, 5.74) is 7.23. The van der Waals surface area contributed by atoms with E-state index < -0.39 is 11.8 Å². The number of thiocarbonyl (C=S) groups is 1. The molecule has 0 radical (unpaired) electrons. The fourth-order valence-corrected chi connectivity index (χ4v) is 2.34. The Labute approximate surface area is 123 Å². The molecule has 5 nitrogen and oxygen atoms in total. The lowest BCUT2D eigenvalue weighted by atomic mass is 10.1. The van der Waals surface area contributed by atoms with Crippen LogP contribution in [-0.4, -0.2) is 29.9 Å². The molecule has 0 unspecified atom stereocenters. The van der Waals surface area contributed by atoms with E-state index in [1.54, 1.807) is 0 Å². The summed E-state index contributed by atoms with van der Waals surface area (Å²) in [6.45, 7) is 0.589. The molecule has 0 aliphatic carbocycles. The quantitative estimate of drug-likeness (QED) is 0.623. The Morgan fingerprint density at radius 3 is 2.80 bits per heavy atom. The van der Waals surface area contributed by atoms with Crippen LogP contribution in [-0.2, 0) is 16.0 Å². The first-order chi connectivity index (χ1) is 9.59. The third-order valence-electron chi connectivity index (χ3n) is 3.22. The molecular weight excluding hydrogens is 274 g/mol. The van der Waals surface area contributed by atoms with Crippen LogP contribution in [0.5, 0.6) is 0 Å². The number of benzene rings is 1. The maximum atomic E-state index is 12.3. The minimum Gasteiger partial charge on any atom is -0.392 e. The van der Waals surface area contributed by atoms with Crippen LogP contribution >= 0.6 is 12.2 Å². The van der Waals surface area contributed by atoms with Crippen molar-refractivity contribution in [3.05, 3.63) is 29.8 Å². The van der Waals surface area contributed by atoms with Crippen molar-refractivity contribution < 1.29 is 9.59 Å². The van der Waals surface area contributed by atoms with Crippen molar-refractivity contribution >= 4 is 34.7 Å². The van der Waals surface area contributed by atoms with Gasteiger partial charge in [-0.1, -0.05) is 30.4 Å². The highest BCUT2D eigenvalue weighted by atomic mass is 32.1. The maximum absolute atomic E-state index is 12.3. The van der Waals surface area contributed by atoms with Crippen LogP contribution in [0.15, 0.2) is 24.3 Å². The number of aryl methyl sites for hydroxylation is 1. The maximum Gasteiger partial charge on any atom is 0.316 e. The molecule has 20 heavy (non-hydrogen) atoms. The molecule has 0 fully saturated rings. The van der Waals surface area contributed by atoms with E-state index in [0.717, 1.165) is 30.5 Å². The van der Waals surface area contributed by atoms with Gasteiger partial charge in [0.2, 0.25) is 0 Å². The lowest BCUT2D eigenvalue weighted by Gasteiger charge is -2.22. The zero-order valence-electron chi connectivity index (χ0n) is 11.1. The third-order valence-corrected chi connectivity index (χ3v) is 3.37. The predicted octanol–water partition coefficient (Wildman–Crippen LogP) is 0.758. The summed E-state index contributed by atoms with van der Waals surface area (Å²) in [6.07, 6.45) is 2.81. The van der Waals surface area contributed by atoms with E-state index in [4.69, 9.17) is 5.73 Å². The topological polar surface area (TPSA) is 75.4 Å². The summed E-state index contributed by atoms with van der Waals surface area (Å²) in [5, 5.41) is 2.43. The van der Waals surface area contributed by atoms with Crippen molar-refractivity contribution in [3.63, 3.8) is 0 Å². The van der Waals surface area contributed by atoms with E-state index in [1.807, 2.05) is 24.3 Å². The molecule has 1 aliphatic rings. The van der Waals surface area contributed by atoms with Crippen molar-refractivity contribution in [1.29, 1.82) is 0 Å². The number of amides is 2. The van der Waals surface area contributed by atoms with Crippen LogP contribution in [0.3, 0.4) is 0 Å². The summed E-state index contributed by atoms with van der Waals surface area (Å²) in [7, 11) is 0. The summed E-state index contributed by atoms with van der Waals surface area (Å²) in [6, 6.07) is 7.68. The highest BCUT2D eigenvalue weighted by Crippen LogP contribution is 2.26. The first-order valence-corrected chi connectivity index (χ1v) is 6.96. The Bertz CT molecular complexity index is 545. The number of carbonyl (C=O) groups is 2. The van der Waals surface area contributed by atoms with E-state index in [1.165, 1.54) is 4.90 Å². The number of carbonyl (C=O) groups excluding carboxylic acids is 2. The molecule has 1 aliphatic heterocycles. The van der Waals surface area contributed by atoms with Crippen LogP contribution in [0.1, 0.15) is 18.4 Å². The number of hydrogen-bond donors (Lipinski definition) is 2. The average molecular weight is 291 g/mol. The second-order valence-electron chi connectivity index (χ2n) is 4.69. The van der Waals surface area contributed by atoms with Gasteiger partial charge in [-0.2, -0.15) is 0 Å². The van der Waals surface area contributed by atoms with Gasteiger partial charge in [0, 0.05) is 12.2 Å². The molecule has 1 heterocycles. The minimum atomic E-state index is -0.672. The van der Waals surface area contributed by atoms with Crippen LogP contribution in [0.2, 0.25) is 0 Å². The van der Waals surface area contributed by atoms with E-state index in [2.05, 4.69) is 17.5 Å². The second kappa shape index (κ2) is 6.47. The van der Waals surface area contributed by atoms with E-state index >= 15 is 0 Å². The number of fused-ring (bicyclic) bond motifs is 1. The number of anilines is 1. The number of nitrogens with one attached hydrogen (secondary N) is 1. The van der Waals surface area contributed by atoms with Crippen LogP contribution in [0.4, 0.5) is 5.69 Å². The Balaban J connectivity index is 2.17. The van der Waals surface area contributed by atoms with Crippen molar-refractivity contribution in [2.24, 2.45) is 5.73 Å². The summed E-state index contributed by atoms with van der Waals surface area (Å²) in [5.74, 6) is -1.23. The van der Waals surface area contributed by atoms with Gasteiger partial charge in [0.25, 0.3) is 0 Å². The van der Waals surface area contributed by atoms with Gasteiger partial charge in [0.1, 0.15) is 0 Å². The first kappa shape index (κ1) is 14.5. The van der Waals surface area contributed by atoms with E-state index in [0.29, 0.717) is 6.54 Å². The van der Waals surface area contributed by atoms with Gasteiger partial charge in [-0.3, -0.25) is 9.59 Å². The van der Waals surface area contributed by atoms with Crippen molar-refractivity contribution in [1.82, 2.24) is 5.32 Å². The fourth-order valence-electron chi connectivity index (χ4n) is 2.27. The third kappa shape index (κ3) is 3.33. The molecule has 6 heteroatoms. The molecule has 0 saturated carbocycles. The molecule has 2 rings (SSSR count). The molecular formula is C14H17N3O2S. The minimum absolute atomic E-state index is 0.0371. The van der Waals surface area contributed by atoms with Crippen molar-refractivity contribution in [3.8, 4) is 0 Å². The fraction of sp³-hybridized carbons (Fsp3) is 0.357. The van der Waals surface area contributed by atoms with Crippen LogP contribution in [0, 0.1) is 0 Å². The summed E-state index contributed by atoms with van der Waals surface area (Å²) >= 11 is 4.68. The Morgan fingerprint density at radius 2 is 2.05 bits per heavy atom. The lowest BCUT2D eigenvalue weighted by molar-refractivity contribution is -0.137. The molecule has 2 amide bonds. The Kier molecular flexibility index (Phi) is 4.68. The zero-order chi connectivity index (χ0) is 14.5. The van der Waals surface area contributed by atoms with E-state index in [-0.39, 0.29) is 11.5 Å². The van der Waals surface area contributed by atoms with Gasteiger partial charge in [-0.05, 0) is 30.9 Å². The molecule has 0 bridgehead atoms. The number of para-hydroxylation sites is 1. The second-order valence-corrected chi connectivity index (χ2v) is 5.22. The highest BCUT2D eigenvalue weighted by Gasteiger charge is 2.25. The molecule has 3 N–H and O–H groups in total. The van der Waals surface area contributed by atoms with Gasteiger partial charge < -0.3 is 16.0 Å².